The van der Waals surface area contributed by atoms with Gasteiger partial charge in [0.05, 0.1) is 31.4 Å². The first-order valence-corrected chi connectivity index (χ1v) is 11.3. The van der Waals surface area contributed by atoms with Crippen LogP contribution < -0.4 is 10.6 Å². The number of anilines is 1. The van der Waals surface area contributed by atoms with Crippen LogP contribution in [0, 0.1) is 5.92 Å². The van der Waals surface area contributed by atoms with E-state index in [1.54, 1.807) is 25.1 Å². The lowest BCUT2D eigenvalue weighted by Crippen LogP contribution is -2.46. The molecule has 2 amide bonds. The number of hydrogen-bond acceptors (Lipinski definition) is 7. The number of nitrogens with one attached hydrogen (secondary N) is 2. The number of carbonyl (C=O) groups excluding carboxylic acids is 3. The number of hydrogen-bond donors (Lipinski definition) is 2. The number of carbonyl (C=O) groups is 3. The fourth-order valence-corrected chi connectivity index (χ4v) is 4.58. The number of rotatable bonds is 6. The van der Waals surface area contributed by atoms with Gasteiger partial charge in [-0.05, 0) is 38.0 Å². The monoisotopic (exact) mass is 446 g/mol. The Morgan fingerprint density at radius 3 is 2.62 bits per heavy atom. The van der Waals surface area contributed by atoms with Gasteiger partial charge in [0.2, 0.25) is 5.91 Å². The van der Waals surface area contributed by atoms with Gasteiger partial charge >= 0.3 is 12.1 Å². The fraction of sp³-hybridized carbons (Fsp3) is 0.609. The highest BCUT2D eigenvalue weighted by molar-refractivity contribution is 5.92. The number of ether oxygens (including phenoxy) is 4. The van der Waals surface area contributed by atoms with E-state index in [4.69, 9.17) is 18.9 Å². The highest BCUT2D eigenvalue weighted by atomic mass is 16.6. The summed E-state index contributed by atoms with van der Waals surface area (Å²) in [5.74, 6) is -0.337. The summed E-state index contributed by atoms with van der Waals surface area (Å²) in [6.07, 6.45) is 3.22. The molecule has 0 unspecified atom stereocenters. The lowest BCUT2D eigenvalue weighted by atomic mass is 9.88. The summed E-state index contributed by atoms with van der Waals surface area (Å²) in [6, 6.07) is 6.19. The van der Waals surface area contributed by atoms with Crippen molar-refractivity contribution < 1.29 is 33.3 Å². The van der Waals surface area contributed by atoms with Gasteiger partial charge in [-0.25, -0.2) is 9.59 Å². The van der Waals surface area contributed by atoms with Gasteiger partial charge in [-0.2, -0.15) is 0 Å². The second-order valence-corrected chi connectivity index (χ2v) is 8.42. The molecule has 4 rings (SSSR count). The average molecular weight is 447 g/mol. The molecule has 1 aromatic rings. The minimum atomic E-state index is -0.668. The van der Waals surface area contributed by atoms with Crippen LogP contribution >= 0.6 is 0 Å². The molecule has 3 aliphatic rings. The van der Waals surface area contributed by atoms with Gasteiger partial charge in [-0.3, -0.25) is 10.1 Å². The Morgan fingerprint density at radius 1 is 1.06 bits per heavy atom. The maximum absolute atomic E-state index is 12.6. The van der Waals surface area contributed by atoms with Crippen molar-refractivity contribution in [2.75, 3.05) is 25.1 Å². The molecular weight excluding hydrogens is 416 g/mol. The van der Waals surface area contributed by atoms with E-state index in [2.05, 4.69) is 10.6 Å². The third-order valence-electron chi connectivity index (χ3n) is 6.19. The van der Waals surface area contributed by atoms with Gasteiger partial charge in [0.15, 0.2) is 6.10 Å². The van der Waals surface area contributed by atoms with Crippen molar-refractivity contribution in [3.05, 3.63) is 29.8 Å². The average Bonchev–Trinajstić information content (AvgIpc) is 3.38. The number of amides is 2. The van der Waals surface area contributed by atoms with Crippen molar-refractivity contribution in [1.29, 1.82) is 0 Å². The fourth-order valence-electron chi connectivity index (χ4n) is 4.58. The first-order chi connectivity index (χ1) is 15.5. The topological polar surface area (TPSA) is 112 Å². The Balaban J connectivity index is 1.28. The molecule has 1 saturated carbocycles. The van der Waals surface area contributed by atoms with E-state index in [0.29, 0.717) is 17.9 Å². The highest BCUT2D eigenvalue weighted by Crippen LogP contribution is 2.30. The third-order valence-corrected chi connectivity index (χ3v) is 6.19. The van der Waals surface area contributed by atoms with Crippen LogP contribution in [0.4, 0.5) is 10.5 Å². The maximum Gasteiger partial charge on any atom is 0.412 e. The molecule has 2 aliphatic heterocycles. The zero-order valence-electron chi connectivity index (χ0n) is 18.2. The van der Waals surface area contributed by atoms with E-state index in [0.717, 1.165) is 25.7 Å². The molecule has 0 spiro atoms. The molecule has 0 bridgehead atoms. The summed E-state index contributed by atoms with van der Waals surface area (Å²) in [4.78, 5) is 36.8. The quantitative estimate of drug-likeness (QED) is 0.646. The molecule has 2 saturated heterocycles. The molecule has 1 aromatic carbocycles. The predicted octanol–water partition coefficient (Wildman–Crippen LogP) is 2.64. The molecule has 3 fully saturated rings. The van der Waals surface area contributed by atoms with Gasteiger partial charge in [-0.15, -0.1) is 0 Å². The normalized spacial score (nSPS) is 27.4. The molecule has 9 heteroatoms. The number of esters is 1. The minimum Gasteiger partial charge on any atom is -0.462 e. The van der Waals surface area contributed by atoms with Crippen LogP contribution in [0.25, 0.3) is 0 Å². The SMILES string of the molecule is CCOC(=O)c1cccc(NC(=O)O[C@@H]2CO[C@H]3[C@@H]2OC[C@@H]3NC(=O)C2CCCCC2)c1. The van der Waals surface area contributed by atoms with E-state index >= 15 is 0 Å². The molecule has 0 aromatic heterocycles. The van der Waals surface area contributed by atoms with Gasteiger partial charge in [-0.1, -0.05) is 25.3 Å². The molecular formula is C23H30N2O7. The number of benzene rings is 1. The summed E-state index contributed by atoms with van der Waals surface area (Å²) < 4.78 is 22.1. The molecule has 32 heavy (non-hydrogen) atoms. The lowest BCUT2D eigenvalue weighted by Gasteiger charge is -2.24. The largest absolute Gasteiger partial charge is 0.462 e. The van der Waals surface area contributed by atoms with Crippen LogP contribution in [-0.4, -0.2) is 62.1 Å². The van der Waals surface area contributed by atoms with E-state index in [-0.39, 0.29) is 37.2 Å². The molecule has 1 aliphatic carbocycles. The molecule has 9 nitrogen and oxygen atoms in total. The van der Waals surface area contributed by atoms with Crippen molar-refractivity contribution >= 4 is 23.7 Å². The number of fused-ring (bicyclic) bond motifs is 1. The summed E-state index contributed by atoms with van der Waals surface area (Å²) >= 11 is 0. The second kappa shape index (κ2) is 10.3. The minimum absolute atomic E-state index is 0.0612. The van der Waals surface area contributed by atoms with Crippen molar-refractivity contribution in [3.8, 4) is 0 Å². The Labute approximate surface area is 187 Å². The zero-order chi connectivity index (χ0) is 22.5. The summed E-state index contributed by atoms with van der Waals surface area (Å²) in [7, 11) is 0. The van der Waals surface area contributed by atoms with E-state index in [9.17, 15) is 14.4 Å². The predicted molar refractivity (Wildman–Crippen MR) is 114 cm³/mol. The van der Waals surface area contributed by atoms with Crippen LogP contribution in [0.2, 0.25) is 0 Å². The molecule has 4 atom stereocenters. The van der Waals surface area contributed by atoms with Crippen LogP contribution in [0.5, 0.6) is 0 Å². The smallest absolute Gasteiger partial charge is 0.412 e. The zero-order valence-corrected chi connectivity index (χ0v) is 18.2. The third kappa shape index (κ3) is 5.21. The first kappa shape index (κ1) is 22.5. The molecule has 174 valence electrons. The van der Waals surface area contributed by atoms with Crippen molar-refractivity contribution in [1.82, 2.24) is 5.32 Å². The van der Waals surface area contributed by atoms with Gasteiger partial charge in [0, 0.05) is 11.6 Å². The Kier molecular flexibility index (Phi) is 7.26. The summed E-state index contributed by atoms with van der Waals surface area (Å²) in [5, 5.41) is 5.69. The van der Waals surface area contributed by atoms with Crippen LogP contribution in [0.1, 0.15) is 49.4 Å². The van der Waals surface area contributed by atoms with Gasteiger partial charge in [0.1, 0.15) is 12.2 Å². The van der Waals surface area contributed by atoms with Gasteiger partial charge in [0.25, 0.3) is 0 Å². The van der Waals surface area contributed by atoms with E-state index in [1.807, 2.05) is 0 Å². The summed E-state index contributed by atoms with van der Waals surface area (Å²) in [6.45, 7) is 2.52. The van der Waals surface area contributed by atoms with Crippen molar-refractivity contribution in [2.24, 2.45) is 5.92 Å². The molecule has 2 N–H and O–H groups in total. The maximum atomic E-state index is 12.6. The molecule has 2 heterocycles. The lowest BCUT2D eigenvalue weighted by molar-refractivity contribution is -0.127. The summed E-state index contributed by atoms with van der Waals surface area (Å²) in [5.41, 5.74) is 0.755. The van der Waals surface area contributed by atoms with Crippen molar-refractivity contribution in [2.45, 2.75) is 63.4 Å². The Hall–Kier alpha value is -2.65. The molecule has 0 radical (unpaired) electrons. The van der Waals surface area contributed by atoms with Crippen LogP contribution in [0.15, 0.2) is 24.3 Å². The van der Waals surface area contributed by atoms with E-state index in [1.165, 1.54) is 12.5 Å². The van der Waals surface area contributed by atoms with Crippen molar-refractivity contribution in [3.63, 3.8) is 0 Å². The highest BCUT2D eigenvalue weighted by Gasteiger charge is 2.50. The standard InChI is InChI=1S/C23H30N2O7/c1-2-29-22(27)15-9-6-10-16(11-15)24-23(28)32-18-13-31-19-17(12-30-20(18)19)25-21(26)14-7-4-3-5-8-14/h6,9-11,14,17-20H,2-5,7-8,12-13H2,1H3,(H,24,28)(H,25,26)/t17-,18+,19+,20+/m0/s1. The van der Waals surface area contributed by atoms with Crippen LogP contribution in [0.3, 0.4) is 0 Å². The first-order valence-electron chi connectivity index (χ1n) is 11.3. The van der Waals surface area contributed by atoms with E-state index < -0.39 is 24.3 Å². The van der Waals surface area contributed by atoms with Gasteiger partial charge < -0.3 is 24.3 Å². The second-order valence-electron chi connectivity index (χ2n) is 8.42. The van der Waals surface area contributed by atoms with Crippen LogP contribution in [-0.2, 0) is 23.7 Å². The Bertz CT molecular complexity index is 839. The Morgan fingerprint density at radius 2 is 1.84 bits per heavy atom.